The Morgan fingerprint density at radius 1 is 1.10 bits per heavy atom. The maximum Gasteiger partial charge on any atom is 0.0376 e. The van der Waals surface area contributed by atoms with Crippen molar-refractivity contribution in [1.82, 2.24) is 4.90 Å². The lowest BCUT2D eigenvalue weighted by atomic mass is 10.1. The van der Waals surface area contributed by atoms with Gasteiger partial charge in [-0.15, -0.1) is 0 Å². The van der Waals surface area contributed by atoms with Gasteiger partial charge in [0.1, 0.15) is 0 Å². The van der Waals surface area contributed by atoms with Crippen LogP contribution in [0, 0.1) is 0 Å². The lowest BCUT2D eigenvalue weighted by molar-refractivity contribution is 0.319. The fourth-order valence-corrected chi connectivity index (χ4v) is 3.20. The first-order valence-corrected chi connectivity index (χ1v) is 7.79. The van der Waals surface area contributed by atoms with E-state index in [0.717, 1.165) is 30.5 Å². The Morgan fingerprint density at radius 2 is 1.90 bits per heavy atom. The monoisotopic (exact) mass is 330 g/mol. The molecule has 1 aliphatic rings. The van der Waals surface area contributed by atoms with Crippen LogP contribution in [0.15, 0.2) is 46.9 Å². The minimum atomic E-state index is 0.962. The average molecular weight is 331 g/mol. The number of nitrogens with one attached hydrogen (secondary N) is 1. The highest BCUT2D eigenvalue weighted by atomic mass is 79.9. The van der Waals surface area contributed by atoms with E-state index in [0.29, 0.717) is 0 Å². The second kappa shape index (κ2) is 5.98. The molecule has 0 spiro atoms. The summed E-state index contributed by atoms with van der Waals surface area (Å²) in [4.78, 5) is 2.35. The summed E-state index contributed by atoms with van der Waals surface area (Å²) in [7, 11) is 2.17. The third-order valence-corrected chi connectivity index (χ3v) is 4.17. The van der Waals surface area contributed by atoms with Crippen molar-refractivity contribution in [3.05, 3.63) is 63.6 Å². The molecule has 0 atom stereocenters. The van der Waals surface area contributed by atoms with Gasteiger partial charge in [0.15, 0.2) is 0 Å². The molecule has 0 aliphatic carbocycles. The number of halogens is 1. The van der Waals surface area contributed by atoms with Crippen molar-refractivity contribution in [3.63, 3.8) is 0 Å². The molecule has 2 aromatic rings. The van der Waals surface area contributed by atoms with Crippen LogP contribution >= 0.6 is 15.9 Å². The van der Waals surface area contributed by atoms with Gasteiger partial charge in [0, 0.05) is 29.8 Å². The van der Waals surface area contributed by atoms with Crippen LogP contribution in [0.3, 0.4) is 0 Å². The second-order valence-electron chi connectivity index (χ2n) is 5.47. The molecule has 0 saturated carbocycles. The van der Waals surface area contributed by atoms with Gasteiger partial charge in [-0.05, 0) is 48.4 Å². The van der Waals surface area contributed by atoms with Crippen molar-refractivity contribution in [2.75, 3.05) is 18.9 Å². The van der Waals surface area contributed by atoms with E-state index in [1.54, 1.807) is 0 Å². The van der Waals surface area contributed by atoms with Gasteiger partial charge in [-0.2, -0.15) is 0 Å². The van der Waals surface area contributed by atoms with Gasteiger partial charge in [-0.3, -0.25) is 4.90 Å². The predicted octanol–water partition coefficient (Wildman–Crippen LogP) is 4.05. The Morgan fingerprint density at radius 3 is 2.70 bits per heavy atom. The molecule has 0 bridgehead atoms. The maximum atomic E-state index is 3.53. The first-order chi connectivity index (χ1) is 9.70. The fourth-order valence-electron chi connectivity index (χ4n) is 2.75. The van der Waals surface area contributed by atoms with Gasteiger partial charge in [0.25, 0.3) is 0 Å². The second-order valence-corrected chi connectivity index (χ2v) is 6.39. The van der Waals surface area contributed by atoms with E-state index in [1.807, 2.05) is 0 Å². The first-order valence-electron chi connectivity index (χ1n) is 6.99. The van der Waals surface area contributed by atoms with Gasteiger partial charge >= 0.3 is 0 Å². The summed E-state index contributed by atoms with van der Waals surface area (Å²) in [5, 5.41) is 3.45. The normalized spacial score (nSPS) is 13.3. The van der Waals surface area contributed by atoms with Crippen LogP contribution in [-0.4, -0.2) is 18.5 Å². The standard InChI is InChI=1S/C17H19BrN2/c1-20(11-13-3-2-4-16(18)9-13)12-14-5-6-15-7-8-19-17(15)10-14/h2-6,9-10,19H,7-8,11-12H2,1H3. The van der Waals surface area contributed by atoms with Gasteiger partial charge in [0.05, 0.1) is 0 Å². The third kappa shape index (κ3) is 3.22. The van der Waals surface area contributed by atoms with E-state index in [1.165, 1.54) is 22.4 Å². The van der Waals surface area contributed by atoms with Gasteiger partial charge in [-0.1, -0.05) is 40.2 Å². The molecule has 1 heterocycles. The van der Waals surface area contributed by atoms with E-state index in [4.69, 9.17) is 0 Å². The molecule has 0 radical (unpaired) electrons. The summed E-state index contributed by atoms with van der Waals surface area (Å²) < 4.78 is 1.14. The van der Waals surface area contributed by atoms with E-state index in [9.17, 15) is 0 Å². The highest BCUT2D eigenvalue weighted by Crippen LogP contribution is 2.24. The van der Waals surface area contributed by atoms with Gasteiger partial charge in [0.2, 0.25) is 0 Å². The zero-order valence-electron chi connectivity index (χ0n) is 11.7. The Hall–Kier alpha value is -1.32. The zero-order valence-corrected chi connectivity index (χ0v) is 13.3. The highest BCUT2D eigenvalue weighted by Gasteiger charge is 2.10. The zero-order chi connectivity index (χ0) is 13.9. The van der Waals surface area contributed by atoms with Crippen LogP contribution in [-0.2, 0) is 19.5 Å². The summed E-state index contributed by atoms with van der Waals surface area (Å²) in [6, 6.07) is 15.3. The number of benzene rings is 2. The van der Waals surface area contributed by atoms with Crippen molar-refractivity contribution >= 4 is 21.6 Å². The number of hydrogen-bond donors (Lipinski definition) is 1. The maximum absolute atomic E-state index is 3.53. The molecule has 0 unspecified atom stereocenters. The van der Waals surface area contributed by atoms with Crippen molar-refractivity contribution in [1.29, 1.82) is 0 Å². The van der Waals surface area contributed by atoms with Gasteiger partial charge in [-0.25, -0.2) is 0 Å². The van der Waals surface area contributed by atoms with E-state index in [2.05, 4.69) is 75.7 Å². The number of nitrogens with zero attached hydrogens (tertiary/aromatic N) is 1. The highest BCUT2D eigenvalue weighted by molar-refractivity contribution is 9.10. The van der Waals surface area contributed by atoms with E-state index < -0.39 is 0 Å². The van der Waals surface area contributed by atoms with Crippen LogP contribution in [0.1, 0.15) is 16.7 Å². The minimum absolute atomic E-state index is 0.962. The largest absolute Gasteiger partial charge is 0.384 e. The SMILES string of the molecule is CN(Cc1cccc(Br)c1)Cc1ccc2c(c1)NCC2. The predicted molar refractivity (Wildman–Crippen MR) is 87.9 cm³/mol. The van der Waals surface area contributed by atoms with Gasteiger partial charge < -0.3 is 5.32 Å². The molecule has 104 valence electrons. The number of fused-ring (bicyclic) bond motifs is 1. The van der Waals surface area contributed by atoms with Crippen molar-refractivity contribution < 1.29 is 0 Å². The van der Waals surface area contributed by atoms with Crippen LogP contribution in [0.2, 0.25) is 0 Å². The minimum Gasteiger partial charge on any atom is -0.384 e. The van der Waals surface area contributed by atoms with Crippen LogP contribution in [0.4, 0.5) is 5.69 Å². The van der Waals surface area contributed by atoms with Crippen molar-refractivity contribution in [2.24, 2.45) is 0 Å². The first kappa shape index (κ1) is 13.7. The van der Waals surface area contributed by atoms with E-state index in [-0.39, 0.29) is 0 Å². The molecule has 1 N–H and O–H groups in total. The molecule has 3 rings (SSSR count). The number of hydrogen-bond acceptors (Lipinski definition) is 2. The molecule has 0 amide bonds. The smallest absolute Gasteiger partial charge is 0.0376 e. The average Bonchev–Trinajstić information content (AvgIpc) is 2.86. The number of rotatable bonds is 4. The molecular formula is C17H19BrN2. The molecule has 20 heavy (non-hydrogen) atoms. The van der Waals surface area contributed by atoms with Crippen molar-refractivity contribution in [3.8, 4) is 0 Å². The van der Waals surface area contributed by atoms with E-state index >= 15 is 0 Å². The fraction of sp³-hybridized carbons (Fsp3) is 0.294. The molecule has 0 aromatic heterocycles. The summed E-state index contributed by atoms with van der Waals surface area (Å²) >= 11 is 3.53. The summed E-state index contributed by atoms with van der Waals surface area (Å²) in [5.41, 5.74) is 5.47. The Bertz CT molecular complexity index is 610. The van der Waals surface area contributed by atoms with Crippen LogP contribution < -0.4 is 5.32 Å². The molecule has 1 aliphatic heterocycles. The summed E-state index contributed by atoms with van der Waals surface area (Å²) in [6.45, 7) is 3.01. The van der Waals surface area contributed by atoms with Crippen molar-refractivity contribution in [2.45, 2.75) is 19.5 Å². The molecule has 2 aromatic carbocycles. The van der Waals surface area contributed by atoms with Crippen LogP contribution in [0.25, 0.3) is 0 Å². The topological polar surface area (TPSA) is 15.3 Å². The molecule has 3 heteroatoms. The van der Waals surface area contributed by atoms with Crippen LogP contribution in [0.5, 0.6) is 0 Å². The lowest BCUT2D eigenvalue weighted by Crippen LogP contribution is -2.17. The molecular weight excluding hydrogens is 312 g/mol. The summed E-state index contributed by atoms with van der Waals surface area (Å²) in [6.07, 6.45) is 1.16. The summed E-state index contributed by atoms with van der Waals surface area (Å²) in [5.74, 6) is 0. The Balaban J connectivity index is 1.65. The quantitative estimate of drug-likeness (QED) is 0.909. The molecule has 2 nitrogen and oxygen atoms in total. The lowest BCUT2D eigenvalue weighted by Gasteiger charge is -2.17. The Kier molecular flexibility index (Phi) is 4.08. The molecule has 0 fully saturated rings. The third-order valence-electron chi connectivity index (χ3n) is 3.68. The molecule has 0 saturated heterocycles. The number of anilines is 1. The Labute approximate surface area is 128 Å².